The van der Waals surface area contributed by atoms with Gasteiger partial charge in [0.1, 0.15) is 6.10 Å². The Balaban J connectivity index is 2.34. The minimum atomic E-state index is -1.18. The molecule has 0 radical (unpaired) electrons. The topological polar surface area (TPSA) is 63.6 Å². The fraction of sp³-hybridized carbons (Fsp3) is 0.200. The number of rotatable bonds is 1. The number of fused-ring (bicyclic) bond motifs is 1. The van der Waals surface area contributed by atoms with E-state index in [4.69, 9.17) is 9.84 Å². The van der Waals surface area contributed by atoms with Crippen molar-refractivity contribution in [2.75, 3.05) is 0 Å². The van der Waals surface area contributed by atoms with Crippen LogP contribution in [0, 0.1) is 5.92 Å². The monoisotopic (exact) mass is 192 g/mol. The molecule has 1 heterocycles. The van der Waals surface area contributed by atoms with E-state index in [9.17, 15) is 9.59 Å². The molecule has 0 aromatic heterocycles. The molecule has 2 atom stereocenters. The third kappa shape index (κ3) is 1.35. The first-order chi connectivity index (χ1) is 6.68. The number of carboxylic acid groups (broad SMARTS) is 1. The van der Waals surface area contributed by atoms with Gasteiger partial charge >= 0.3 is 11.9 Å². The molecule has 0 saturated heterocycles. The summed E-state index contributed by atoms with van der Waals surface area (Å²) in [5, 5.41) is 8.71. The average Bonchev–Trinajstić information content (AvgIpc) is 2.16. The zero-order chi connectivity index (χ0) is 10.1. The molecule has 1 N–H and O–H groups in total. The average molecular weight is 192 g/mol. The van der Waals surface area contributed by atoms with Crippen LogP contribution in [-0.4, -0.2) is 23.1 Å². The first-order valence-corrected chi connectivity index (χ1v) is 4.18. The summed E-state index contributed by atoms with van der Waals surface area (Å²) in [6, 6.07) is 0. The van der Waals surface area contributed by atoms with Crippen molar-refractivity contribution in [2.45, 2.75) is 6.10 Å². The van der Waals surface area contributed by atoms with Gasteiger partial charge in [-0.25, -0.2) is 0 Å². The maximum atomic E-state index is 11.2. The predicted octanol–water partition coefficient (Wildman–Crippen LogP) is 0.665. The molecule has 4 heteroatoms. The van der Waals surface area contributed by atoms with Gasteiger partial charge in [0.25, 0.3) is 0 Å². The Labute approximate surface area is 80.2 Å². The Hall–Kier alpha value is -1.84. The van der Waals surface area contributed by atoms with Crippen molar-refractivity contribution in [3.8, 4) is 0 Å². The van der Waals surface area contributed by atoms with Gasteiger partial charge in [0, 0.05) is 0 Å². The van der Waals surface area contributed by atoms with Gasteiger partial charge in [-0.2, -0.15) is 0 Å². The van der Waals surface area contributed by atoms with Crippen LogP contribution < -0.4 is 0 Å². The number of aliphatic carboxylic acids is 1. The van der Waals surface area contributed by atoms with E-state index in [1.807, 2.05) is 0 Å². The SMILES string of the molecule is O=C(O)[C@@H]1C=C2C=CC=CC2OC1=O. The third-order valence-electron chi connectivity index (χ3n) is 2.14. The van der Waals surface area contributed by atoms with E-state index in [2.05, 4.69) is 0 Å². The van der Waals surface area contributed by atoms with Crippen LogP contribution in [0.15, 0.2) is 36.0 Å². The molecule has 0 fully saturated rings. The molecule has 1 unspecified atom stereocenters. The van der Waals surface area contributed by atoms with E-state index < -0.39 is 24.0 Å². The first-order valence-electron chi connectivity index (χ1n) is 4.18. The van der Waals surface area contributed by atoms with E-state index in [0.29, 0.717) is 0 Å². The predicted molar refractivity (Wildman–Crippen MR) is 47.4 cm³/mol. The van der Waals surface area contributed by atoms with Gasteiger partial charge in [0.2, 0.25) is 0 Å². The normalized spacial score (nSPS) is 29.1. The van der Waals surface area contributed by atoms with Crippen molar-refractivity contribution in [2.24, 2.45) is 5.92 Å². The summed E-state index contributed by atoms with van der Waals surface area (Å²) in [5.41, 5.74) is 0.722. The van der Waals surface area contributed by atoms with Gasteiger partial charge in [-0.05, 0) is 11.6 Å². The van der Waals surface area contributed by atoms with Crippen LogP contribution in [0.25, 0.3) is 0 Å². The second-order valence-electron chi connectivity index (χ2n) is 3.08. The van der Waals surface area contributed by atoms with Gasteiger partial charge in [-0.1, -0.05) is 24.3 Å². The highest BCUT2D eigenvalue weighted by Crippen LogP contribution is 2.24. The van der Waals surface area contributed by atoms with E-state index in [-0.39, 0.29) is 0 Å². The molecule has 2 rings (SSSR count). The van der Waals surface area contributed by atoms with Gasteiger partial charge in [-0.15, -0.1) is 0 Å². The number of carbonyl (C=O) groups is 2. The first kappa shape index (κ1) is 8.74. The Morgan fingerprint density at radius 1 is 1.43 bits per heavy atom. The van der Waals surface area contributed by atoms with E-state index in [1.54, 1.807) is 24.3 Å². The number of hydrogen-bond acceptors (Lipinski definition) is 3. The summed E-state index contributed by atoms with van der Waals surface area (Å²) in [5.74, 6) is -3.05. The van der Waals surface area contributed by atoms with Crippen LogP contribution in [0.3, 0.4) is 0 Å². The quantitative estimate of drug-likeness (QED) is 0.489. The molecule has 0 bridgehead atoms. The summed E-state index contributed by atoms with van der Waals surface area (Å²) in [6.07, 6.45) is 8.01. The summed E-state index contributed by atoms with van der Waals surface area (Å²) < 4.78 is 4.94. The van der Waals surface area contributed by atoms with Crippen molar-refractivity contribution in [1.82, 2.24) is 0 Å². The van der Waals surface area contributed by atoms with Crippen LogP contribution in [-0.2, 0) is 14.3 Å². The zero-order valence-corrected chi connectivity index (χ0v) is 7.21. The fourth-order valence-corrected chi connectivity index (χ4v) is 1.43. The summed E-state index contributed by atoms with van der Waals surface area (Å²) in [7, 11) is 0. The second-order valence-corrected chi connectivity index (χ2v) is 3.08. The minimum Gasteiger partial charge on any atom is -0.480 e. The molecule has 1 aliphatic heterocycles. The van der Waals surface area contributed by atoms with Crippen LogP contribution >= 0.6 is 0 Å². The van der Waals surface area contributed by atoms with Gasteiger partial charge < -0.3 is 9.84 Å². The number of carbonyl (C=O) groups excluding carboxylic acids is 1. The van der Waals surface area contributed by atoms with Crippen LogP contribution in [0.5, 0.6) is 0 Å². The maximum Gasteiger partial charge on any atom is 0.325 e. The lowest BCUT2D eigenvalue weighted by atomic mass is 9.96. The highest BCUT2D eigenvalue weighted by Gasteiger charge is 2.33. The molecule has 14 heavy (non-hydrogen) atoms. The van der Waals surface area contributed by atoms with Gasteiger partial charge in [-0.3, -0.25) is 9.59 Å². The molecule has 0 spiro atoms. The Kier molecular flexibility index (Phi) is 1.96. The van der Waals surface area contributed by atoms with Crippen LogP contribution in [0.2, 0.25) is 0 Å². The lowest BCUT2D eigenvalue weighted by Crippen LogP contribution is -2.33. The van der Waals surface area contributed by atoms with Crippen molar-refractivity contribution < 1.29 is 19.4 Å². The van der Waals surface area contributed by atoms with Crippen LogP contribution in [0.4, 0.5) is 0 Å². The van der Waals surface area contributed by atoms with Crippen molar-refractivity contribution in [1.29, 1.82) is 0 Å². The highest BCUT2D eigenvalue weighted by atomic mass is 16.5. The molecule has 0 aromatic carbocycles. The number of allylic oxidation sites excluding steroid dienone is 2. The standard InChI is InChI=1S/C10H8O4/c11-9(12)7-5-6-3-1-2-4-8(6)14-10(7)13/h1-5,7-8H,(H,11,12)/t7-,8?/m0/s1. The number of esters is 1. The fourth-order valence-electron chi connectivity index (χ4n) is 1.43. The molecule has 1 aliphatic carbocycles. The molecular weight excluding hydrogens is 184 g/mol. The smallest absolute Gasteiger partial charge is 0.325 e. The lowest BCUT2D eigenvalue weighted by molar-refractivity contribution is -0.158. The summed E-state index contributed by atoms with van der Waals surface area (Å²) >= 11 is 0. The minimum absolute atomic E-state index is 0.414. The molecule has 4 nitrogen and oxygen atoms in total. The number of ether oxygens (including phenoxy) is 1. The van der Waals surface area contributed by atoms with Gasteiger partial charge in [0.05, 0.1) is 0 Å². The summed E-state index contributed by atoms with van der Waals surface area (Å²) in [4.78, 5) is 21.8. The number of hydrogen-bond donors (Lipinski definition) is 1. The molecule has 0 amide bonds. The lowest BCUT2D eigenvalue weighted by Gasteiger charge is -2.24. The van der Waals surface area contributed by atoms with E-state index in [0.717, 1.165) is 5.57 Å². The third-order valence-corrected chi connectivity index (χ3v) is 2.14. The van der Waals surface area contributed by atoms with Crippen molar-refractivity contribution >= 4 is 11.9 Å². The largest absolute Gasteiger partial charge is 0.480 e. The molecule has 72 valence electrons. The second kappa shape index (κ2) is 3.14. The summed E-state index contributed by atoms with van der Waals surface area (Å²) in [6.45, 7) is 0. The van der Waals surface area contributed by atoms with E-state index in [1.165, 1.54) is 6.08 Å². The molecule has 2 aliphatic rings. The molecular formula is C10H8O4. The Morgan fingerprint density at radius 3 is 2.93 bits per heavy atom. The Morgan fingerprint density at radius 2 is 2.21 bits per heavy atom. The Bertz CT molecular complexity index is 376. The van der Waals surface area contributed by atoms with Crippen LogP contribution in [0.1, 0.15) is 0 Å². The molecule has 0 saturated carbocycles. The van der Waals surface area contributed by atoms with Crippen molar-refractivity contribution in [3.63, 3.8) is 0 Å². The highest BCUT2D eigenvalue weighted by molar-refractivity contribution is 5.97. The van der Waals surface area contributed by atoms with Crippen molar-refractivity contribution in [3.05, 3.63) is 36.0 Å². The maximum absolute atomic E-state index is 11.2. The molecule has 0 aromatic rings. The number of carboxylic acids is 1. The van der Waals surface area contributed by atoms with Gasteiger partial charge in [0.15, 0.2) is 5.92 Å². The van der Waals surface area contributed by atoms with E-state index >= 15 is 0 Å². The zero-order valence-electron chi connectivity index (χ0n) is 7.21.